The molecule has 3 aromatic rings. The van der Waals surface area contributed by atoms with E-state index in [9.17, 15) is 9.18 Å². The number of piperazine rings is 1. The van der Waals surface area contributed by atoms with E-state index in [1.807, 2.05) is 4.90 Å². The molecule has 1 amide bonds. The molecule has 2 saturated heterocycles. The zero-order valence-corrected chi connectivity index (χ0v) is 24.9. The van der Waals surface area contributed by atoms with Crippen LogP contribution in [0.2, 0.25) is 0 Å². The number of ether oxygens (including phenoxy) is 1. The number of amides is 1. The highest BCUT2D eigenvalue weighted by atomic mass is 32.2. The van der Waals surface area contributed by atoms with Gasteiger partial charge in [0, 0.05) is 42.3 Å². The van der Waals surface area contributed by atoms with Gasteiger partial charge in [-0.05, 0) is 68.8 Å². The van der Waals surface area contributed by atoms with E-state index < -0.39 is 11.9 Å². The van der Waals surface area contributed by atoms with Crippen molar-refractivity contribution in [3.05, 3.63) is 59.6 Å². The number of pyridine rings is 1. The minimum Gasteiger partial charge on any atom is -0.462 e. The highest BCUT2D eigenvalue weighted by Crippen LogP contribution is 2.40. The number of thioether (sulfide) groups is 1. The summed E-state index contributed by atoms with van der Waals surface area (Å²) in [6.07, 6.45) is 6.40. The number of hydrogen-bond donors (Lipinski definition) is 0. The monoisotopic (exact) mass is 605 g/mol. The predicted octanol–water partition coefficient (Wildman–Crippen LogP) is 4.60. The highest BCUT2D eigenvalue weighted by Gasteiger charge is 2.34. The summed E-state index contributed by atoms with van der Waals surface area (Å²) in [7, 11) is 2.05. The van der Waals surface area contributed by atoms with Crippen LogP contribution in [0.3, 0.4) is 0 Å². The van der Waals surface area contributed by atoms with Crippen molar-refractivity contribution < 1.29 is 18.3 Å². The molecule has 0 spiro atoms. The fraction of sp³-hybridized carbons (Fsp3) is 0.452. The van der Waals surface area contributed by atoms with Crippen LogP contribution in [0, 0.1) is 18.2 Å². The first kappa shape index (κ1) is 29.3. The summed E-state index contributed by atoms with van der Waals surface area (Å²) in [5, 5.41) is 0.405. The predicted molar refractivity (Wildman–Crippen MR) is 162 cm³/mol. The molecule has 0 saturated carbocycles. The van der Waals surface area contributed by atoms with Gasteiger partial charge in [-0.3, -0.25) is 9.78 Å². The van der Waals surface area contributed by atoms with Gasteiger partial charge in [0.2, 0.25) is 12.5 Å². The van der Waals surface area contributed by atoms with Gasteiger partial charge < -0.3 is 24.3 Å². The van der Waals surface area contributed by atoms with E-state index in [0.717, 1.165) is 37.1 Å². The molecule has 2 fully saturated rings. The van der Waals surface area contributed by atoms with Crippen LogP contribution >= 0.6 is 11.8 Å². The number of fused-ring (bicyclic) bond motifs is 2. The van der Waals surface area contributed by atoms with E-state index in [2.05, 4.69) is 33.3 Å². The van der Waals surface area contributed by atoms with Crippen LogP contribution in [-0.2, 0) is 11.2 Å². The van der Waals surface area contributed by atoms with Gasteiger partial charge in [0.15, 0.2) is 5.82 Å². The number of anilines is 1. The van der Waals surface area contributed by atoms with E-state index in [1.54, 1.807) is 17.2 Å². The maximum atomic E-state index is 16.5. The van der Waals surface area contributed by atoms with Gasteiger partial charge >= 0.3 is 6.01 Å². The average molecular weight is 606 g/mol. The summed E-state index contributed by atoms with van der Waals surface area (Å²) in [4.78, 5) is 36.2. The maximum absolute atomic E-state index is 16.5. The van der Waals surface area contributed by atoms with Crippen LogP contribution in [-0.4, -0.2) is 94.9 Å². The van der Waals surface area contributed by atoms with E-state index in [0.29, 0.717) is 54.3 Å². The number of halogens is 2. The first-order valence-corrected chi connectivity index (χ1v) is 15.5. The van der Waals surface area contributed by atoms with Gasteiger partial charge in [0.05, 0.1) is 5.39 Å². The fourth-order valence-electron chi connectivity index (χ4n) is 6.24. The molecule has 9 nitrogen and oxygen atoms in total. The Morgan fingerprint density at radius 2 is 2.09 bits per heavy atom. The molecule has 43 heavy (non-hydrogen) atoms. The molecule has 12 heteroatoms. The minimum atomic E-state index is -0.619. The molecule has 6 rings (SSSR count). The lowest BCUT2D eigenvalue weighted by atomic mass is 9.98. The number of rotatable bonds is 7. The number of hydrogen-bond acceptors (Lipinski definition) is 8. The Kier molecular flexibility index (Phi) is 8.45. The van der Waals surface area contributed by atoms with Gasteiger partial charge in [0.1, 0.15) is 35.5 Å². The first-order chi connectivity index (χ1) is 20.9. The largest absolute Gasteiger partial charge is 0.462 e. The normalized spacial score (nSPS) is 20.6. The number of aromatic nitrogens is 3. The van der Waals surface area contributed by atoms with Crippen LogP contribution in [0.15, 0.2) is 35.9 Å². The van der Waals surface area contributed by atoms with Crippen molar-refractivity contribution in [2.45, 2.75) is 42.7 Å². The Morgan fingerprint density at radius 1 is 1.23 bits per heavy atom. The Hall–Kier alpha value is -3.82. The van der Waals surface area contributed by atoms with E-state index in [4.69, 9.17) is 16.3 Å². The molecule has 0 aliphatic carbocycles. The molecular weight excluding hydrogens is 572 g/mol. The molecule has 1 aromatic carbocycles. The zero-order chi connectivity index (χ0) is 30.1. The summed E-state index contributed by atoms with van der Waals surface area (Å²) >= 11 is 1.45. The summed E-state index contributed by atoms with van der Waals surface area (Å²) in [5.74, 6) is 0.101. The van der Waals surface area contributed by atoms with Gasteiger partial charge in [0.25, 0.3) is 0 Å². The molecule has 224 valence electrons. The Morgan fingerprint density at radius 3 is 2.86 bits per heavy atom. The van der Waals surface area contributed by atoms with Crippen LogP contribution in [0.25, 0.3) is 27.0 Å². The third-order valence-electron chi connectivity index (χ3n) is 8.55. The first-order valence-electron chi connectivity index (χ1n) is 14.5. The van der Waals surface area contributed by atoms with Gasteiger partial charge in [-0.1, -0.05) is 6.58 Å². The van der Waals surface area contributed by atoms with Crippen LogP contribution in [0.1, 0.15) is 24.8 Å². The van der Waals surface area contributed by atoms with Crippen molar-refractivity contribution in [2.24, 2.45) is 0 Å². The molecule has 5 heterocycles. The van der Waals surface area contributed by atoms with Crippen molar-refractivity contribution in [1.82, 2.24) is 24.8 Å². The molecule has 0 bridgehead atoms. The number of carbonyl (C=O) groups is 1. The lowest BCUT2D eigenvalue weighted by molar-refractivity contribution is -0.128. The second-order valence-corrected chi connectivity index (χ2v) is 12.2. The lowest BCUT2D eigenvalue weighted by Crippen LogP contribution is -2.56. The average Bonchev–Trinajstić information content (AvgIpc) is 3.44. The molecule has 0 radical (unpaired) electrons. The number of likely N-dealkylation sites (tertiary alicyclic amines) is 1. The zero-order valence-electron chi connectivity index (χ0n) is 24.1. The summed E-state index contributed by atoms with van der Waals surface area (Å²) in [6, 6.07) is 2.84. The summed E-state index contributed by atoms with van der Waals surface area (Å²) in [5.41, 5.74) is 1.51. The minimum absolute atomic E-state index is 0.0573. The third kappa shape index (κ3) is 5.63. The second kappa shape index (κ2) is 12.4. The fourth-order valence-corrected chi connectivity index (χ4v) is 7.33. The molecular formula is C31H33F2N7O2S. The smallest absolute Gasteiger partial charge is 0.319 e. The Balaban J connectivity index is 1.43. The van der Waals surface area contributed by atoms with Crippen molar-refractivity contribution in [3.8, 4) is 17.3 Å². The molecule has 0 N–H and O–H groups in total. The number of benzene rings is 1. The van der Waals surface area contributed by atoms with Crippen LogP contribution in [0.4, 0.5) is 14.6 Å². The molecule has 0 unspecified atom stereocenters. The topological polar surface area (TPSA) is 79.1 Å². The Bertz CT molecular complexity index is 1610. The van der Waals surface area contributed by atoms with E-state index in [1.165, 1.54) is 23.9 Å². The maximum Gasteiger partial charge on any atom is 0.319 e. The van der Waals surface area contributed by atoms with Crippen molar-refractivity contribution in [3.63, 3.8) is 0 Å². The van der Waals surface area contributed by atoms with Gasteiger partial charge in [-0.15, -0.1) is 11.8 Å². The quantitative estimate of drug-likeness (QED) is 0.286. The molecule has 3 aliphatic heterocycles. The van der Waals surface area contributed by atoms with Crippen molar-refractivity contribution in [2.75, 3.05) is 57.0 Å². The highest BCUT2D eigenvalue weighted by molar-refractivity contribution is 7.99. The molecule has 2 aromatic heterocycles. The van der Waals surface area contributed by atoms with Crippen LogP contribution < -0.4 is 9.64 Å². The number of carbonyl (C=O) groups excluding carboxylic acids is 1. The summed E-state index contributed by atoms with van der Waals surface area (Å²) in [6.45, 7) is 13.6. The second-order valence-electron chi connectivity index (χ2n) is 11.1. The van der Waals surface area contributed by atoms with Gasteiger partial charge in [-0.25, -0.2) is 15.4 Å². The lowest BCUT2D eigenvalue weighted by Gasteiger charge is -2.39. The Labute approximate surface area is 253 Å². The van der Waals surface area contributed by atoms with Crippen molar-refractivity contribution >= 4 is 34.4 Å². The summed E-state index contributed by atoms with van der Waals surface area (Å²) < 4.78 is 37.3. The number of nitrogens with zero attached hydrogens (tertiary/aromatic N) is 7. The van der Waals surface area contributed by atoms with Gasteiger partial charge in [-0.2, -0.15) is 9.97 Å². The standard InChI is InChI=1S/C31H33F2N7O2S/c1-4-25(41)40-13-12-39(17-20(40)15-34-2)30-23-16-35-27(21-9-10-24(32)29-22(21)8-6-14-43-29)26(33)28(23)36-31(37-30)42-18-19-7-5-11-38(19)3/h4,9-10,16,19-20H,1,5-8,11-15,17-18H2,3H3/t19-,20-/m0/s1. The molecule has 2 atom stereocenters. The molecule has 3 aliphatic rings. The van der Waals surface area contributed by atoms with Crippen LogP contribution in [0.5, 0.6) is 6.01 Å². The van der Waals surface area contributed by atoms with E-state index in [-0.39, 0.29) is 41.5 Å². The third-order valence-corrected chi connectivity index (χ3v) is 9.77. The van der Waals surface area contributed by atoms with Crippen molar-refractivity contribution in [1.29, 1.82) is 0 Å². The SMILES string of the molecule is [C-]#[N+]C[C@H]1CN(c2nc(OC[C@@H]3CCCN3C)nc3c(F)c(-c4ccc(F)c5c4CCCS5)ncc23)CCN1C(=O)C=C. The van der Waals surface area contributed by atoms with E-state index >= 15 is 4.39 Å². The number of likely N-dealkylation sites (N-methyl/N-ethyl adjacent to an activating group) is 1.